The first-order valence-corrected chi connectivity index (χ1v) is 8.85. The zero-order chi connectivity index (χ0) is 18.0. The van der Waals surface area contributed by atoms with Crippen LogP contribution >= 0.6 is 0 Å². The minimum Gasteiger partial charge on any atom is -0.443 e. The molecule has 1 aliphatic heterocycles. The van der Waals surface area contributed by atoms with Gasteiger partial charge in [-0.05, 0) is 26.3 Å². The van der Waals surface area contributed by atoms with Gasteiger partial charge in [0.2, 0.25) is 0 Å². The van der Waals surface area contributed by atoms with Crippen molar-refractivity contribution in [1.82, 2.24) is 4.90 Å². The van der Waals surface area contributed by atoms with E-state index in [0.29, 0.717) is 5.56 Å². The lowest BCUT2D eigenvalue weighted by Gasteiger charge is -2.23. The van der Waals surface area contributed by atoms with Crippen LogP contribution in [0.1, 0.15) is 26.3 Å². The van der Waals surface area contributed by atoms with Gasteiger partial charge in [0.25, 0.3) is 5.91 Å². The molecule has 0 aliphatic carbocycles. The maximum Gasteiger partial charge on any atom is 0.417 e. The van der Waals surface area contributed by atoms with Crippen LogP contribution in [-0.2, 0) is 29.6 Å². The molecule has 2 amide bonds. The summed E-state index contributed by atoms with van der Waals surface area (Å²) in [6.45, 7) is 4.73. The standard InChI is InChI=1S/C16H19NO6S/c1-16(2,3)22-15(19)17-10-13(9-14(17)18)23-24(20,21)11-12-7-5-4-6-8-12/h4-9H,10-11H2,1-3H3. The summed E-state index contributed by atoms with van der Waals surface area (Å²) in [7, 11) is -3.93. The Kier molecular flexibility index (Phi) is 4.98. The van der Waals surface area contributed by atoms with Crippen LogP contribution in [0, 0.1) is 0 Å². The molecule has 2 rings (SSSR count). The topological polar surface area (TPSA) is 90.0 Å². The average molecular weight is 353 g/mol. The van der Waals surface area contributed by atoms with Crippen LogP contribution in [0.25, 0.3) is 0 Å². The Morgan fingerprint density at radius 3 is 2.42 bits per heavy atom. The third-order valence-corrected chi connectivity index (χ3v) is 4.05. The molecule has 0 bridgehead atoms. The number of imide groups is 1. The van der Waals surface area contributed by atoms with Gasteiger partial charge in [-0.25, -0.2) is 9.69 Å². The number of rotatable bonds is 4. The number of amides is 2. The van der Waals surface area contributed by atoms with Gasteiger partial charge < -0.3 is 8.92 Å². The van der Waals surface area contributed by atoms with Crippen molar-refractivity contribution in [2.75, 3.05) is 6.54 Å². The molecular weight excluding hydrogens is 334 g/mol. The fourth-order valence-corrected chi connectivity index (χ4v) is 3.07. The van der Waals surface area contributed by atoms with E-state index in [2.05, 4.69) is 0 Å². The van der Waals surface area contributed by atoms with Crippen molar-refractivity contribution < 1.29 is 26.9 Å². The molecule has 0 N–H and O–H groups in total. The minimum absolute atomic E-state index is 0.109. The molecule has 24 heavy (non-hydrogen) atoms. The molecular formula is C16H19NO6S. The number of nitrogens with zero attached hydrogens (tertiary/aromatic N) is 1. The van der Waals surface area contributed by atoms with E-state index in [9.17, 15) is 18.0 Å². The smallest absolute Gasteiger partial charge is 0.417 e. The lowest BCUT2D eigenvalue weighted by Crippen LogP contribution is -2.38. The number of carbonyl (C=O) groups excluding carboxylic acids is 2. The molecule has 0 saturated heterocycles. The Morgan fingerprint density at radius 1 is 1.21 bits per heavy atom. The third-order valence-electron chi connectivity index (χ3n) is 2.90. The fourth-order valence-electron chi connectivity index (χ4n) is 1.99. The Balaban J connectivity index is 2.00. The van der Waals surface area contributed by atoms with E-state index in [0.717, 1.165) is 11.0 Å². The van der Waals surface area contributed by atoms with Crippen LogP contribution in [0.15, 0.2) is 42.2 Å². The lowest BCUT2D eigenvalue weighted by molar-refractivity contribution is -0.123. The van der Waals surface area contributed by atoms with E-state index < -0.39 is 27.7 Å². The summed E-state index contributed by atoms with van der Waals surface area (Å²) in [5.74, 6) is -1.11. The van der Waals surface area contributed by atoms with Gasteiger partial charge in [-0.2, -0.15) is 8.42 Å². The van der Waals surface area contributed by atoms with E-state index in [1.807, 2.05) is 0 Å². The first-order valence-electron chi connectivity index (χ1n) is 7.27. The van der Waals surface area contributed by atoms with Gasteiger partial charge in [0, 0.05) is 6.08 Å². The summed E-state index contributed by atoms with van der Waals surface area (Å²) in [6.07, 6.45) is 0.134. The zero-order valence-corrected chi connectivity index (χ0v) is 14.5. The summed E-state index contributed by atoms with van der Waals surface area (Å²) in [5, 5.41) is 0. The first-order chi connectivity index (χ1) is 11.1. The predicted octanol–water partition coefficient (Wildman–Crippen LogP) is 2.19. The number of carbonyl (C=O) groups is 2. The van der Waals surface area contributed by atoms with Crippen LogP contribution in [0.5, 0.6) is 0 Å². The molecule has 0 radical (unpaired) electrons. The van der Waals surface area contributed by atoms with Gasteiger partial charge in [-0.1, -0.05) is 30.3 Å². The van der Waals surface area contributed by atoms with Crippen LogP contribution in [0.3, 0.4) is 0 Å². The quantitative estimate of drug-likeness (QED) is 0.771. The van der Waals surface area contributed by atoms with E-state index in [4.69, 9.17) is 8.92 Å². The van der Waals surface area contributed by atoms with E-state index in [1.165, 1.54) is 0 Å². The highest BCUT2D eigenvalue weighted by atomic mass is 32.2. The molecule has 1 aromatic carbocycles. The summed E-state index contributed by atoms with van der Waals surface area (Å²) >= 11 is 0. The second-order valence-corrected chi connectivity index (χ2v) is 7.86. The summed E-state index contributed by atoms with van der Waals surface area (Å²) < 4.78 is 34.2. The monoisotopic (exact) mass is 353 g/mol. The van der Waals surface area contributed by atoms with Crippen molar-refractivity contribution in [2.24, 2.45) is 0 Å². The summed E-state index contributed by atoms with van der Waals surface area (Å²) in [4.78, 5) is 24.5. The SMILES string of the molecule is CC(C)(C)OC(=O)N1CC(OS(=O)(=O)Cc2ccccc2)=CC1=O. The Labute approximate surface area is 141 Å². The Bertz CT molecular complexity index is 762. The second kappa shape index (κ2) is 6.64. The van der Waals surface area contributed by atoms with E-state index in [1.54, 1.807) is 51.1 Å². The molecule has 0 fully saturated rings. The molecule has 0 saturated carbocycles. The van der Waals surface area contributed by atoms with Gasteiger partial charge in [0.1, 0.15) is 17.1 Å². The Hall–Kier alpha value is -2.35. The van der Waals surface area contributed by atoms with Crippen molar-refractivity contribution in [3.63, 3.8) is 0 Å². The van der Waals surface area contributed by atoms with Gasteiger partial charge in [-0.3, -0.25) is 4.79 Å². The normalized spacial score (nSPS) is 15.2. The lowest BCUT2D eigenvalue weighted by atomic mass is 10.2. The highest BCUT2D eigenvalue weighted by Gasteiger charge is 2.33. The van der Waals surface area contributed by atoms with Crippen molar-refractivity contribution in [1.29, 1.82) is 0 Å². The number of hydrogen-bond donors (Lipinski definition) is 0. The molecule has 0 aromatic heterocycles. The fraction of sp³-hybridized carbons (Fsp3) is 0.375. The van der Waals surface area contributed by atoms with E-state index in [-0.39, 0.29) is 18.1 Å². The van der Waals surface area contributed by atoms with E-state index >= 15 is 0 Å². The highest BCUT2D eigenvalue weighted by Crippen LogP contribution is 2.19. The Morgan fingerprint density at radius 2 is 1.83 bits per heavy atom. The minimum atomic E-state index is -3.93. The van der Waals surface area contributed by atoms with Crippen LogP contribution < -0.4 is 0 Å². The van der Waals surface area contributed by atoms with Gasteiger partial charge in [0.15, 0.2) is 0 Å². The van der Waals surface area contributed by atoms with Crippen LogP contribution in [0.4, 0.5) is 4.79 Å². The molecule has 1 heterocycles. The van der Waals surface area contributed by atoms with Crippen molar-refractivity contribution in [2.45, 2.75) is 32.1 Å². The molecule has 1 aliphatic rings. The molecule has 1 aromatic rings. The molecule has 7 nitrogen and oxygen atoms in total. The highest BCUT2D eigenvalue weighted by molar-refractivity contribution is 7.86. The summed E-state index contributed by atoms with van der Waals surface area (Å²) in [6, 6.07) is 8.51. The van der Waals surface area contributed by atoms with Gasteiger partial charge >= 0.3 is 16.2 Å². The van der Waals surface area contributed by atoms with Gasteiger partial charge in [-0.15, -0.1) is 0 Å². The number of benzene rings is 1. The maximum absolute atomic E-state index is 12.1. The zero-order valence-electron chi connectivity index (χ0n) is 13.7. The molecule has 0 atom stereocenters. The van der Waals surface area contributed by atoms with Crippen LogP contribution in [0.2, 0.25) is 0 Å². The molecule has 0 spiro atoms. The van der Waals surface area contributed by atoms with Crippen molar-refractivity contribution in [3.8, 4) is 0 Å². The predicted molar refractivity (Wildman–Crippen MR) is 86.2 cm³/mol. The van der Waals surface area contributed by atoms with Crippen molar-refractivity contribution in [3.05, 3.63) is 47.7 Å². The molecule has 0 unspecified atom stereocenters. The molecule has 130 valence electrons. The van der Waals surface area contributed by atoms with Crippen molar-refractivity contribution >= 4 is 22.1 Å². The maximum atomic E-state index is 12.1. The molecule has 8 heteroatoms. The first kappa shape index (κ1) is 18.0. The second-order valence-electron chi connectivity index (χ2n) is 6.29. The number of ether oxygens (including phenoxy) is 1. The average Bonchev–Trinajstić information content (AvgIpc) is 2.77. The largest absolute Gasteiger partial charge is 0.443 e. The third kappa shape index (κ3) is 5.09. The van der Waals surface area contributed by atoms with Crippen LogP contribution in [-0.4, -0.2) is 37.5 Å². The summed E-state index contributed by atoms with van der Waals surface area (Å²) in [5.41, 5.74) is -0.202. The number of hydrogen-bond acceptors (Lipinski definition) is 6. The van der Waals surface area contributed by atoms with Gasteiger partial charge in [0.05, 0.1) is 6.54 Å².